The number of nitrogens with one attached hydrogen (secondary N) is 2. The van der Waals surface area contributed by atoms with Gasteiger partial charge in [0.1, 0.15) is 0 Å². The Balaban J connectivity index is 1.93. The number of hydrogen-bond donors (Lipinski definition) is 2. The van der Waals surface area contributed by atoms with Crippen molar-refractivity contribution in [3.05, 3.63) is 34.9 Å². The molecule has 0 aliphatic carbocycles. The predicted octanol–water partition coefficient (Wildman–Crippen LogP) is 3.98. The van der Waals surface area contributed by atoms with Crippen molar-refractivity contribution in [1.29, 1.82) is 0 Å². The third-order valence-electron chi connectivity index (χ3n) is 2.74. The van der Waals surface area contributed by atoms with Gasteiger partial charge in [-0.1, -0.05) is 35.7 Å². The van der Waals surface area contributed by atoms with Crippen LogP contribution in [0, 0.1) is 0 Å². The van der Waals surface area contributed by atoms with Crippen LogP contribution in [0.2, 0.25) is 0 Å². The number of anilines is 3. The Morgan fingerprint density at radius 1 is 1.15 bits per heavy atom. The zero-order valence-corrected chi connectivity index (χ0v) is 13.0. The normalized spacial score (nSPS) is 10.3. The lowest BCUT2D eigenvalue weighted by Gasteiger charge is -2.07. The van der Waals surface area contributed by atoms with E-state index in [0.717, 1.165) is 23.1 Å². The van der Waals surface area contributed by atoms with Crippen LogP contribution in [-0.4, -0.2) is 21.7 Å². The van der Waals surface area contributed by atoms with Crippen molar-refractivity contribution in [3.8, 4) is 0 Å². The molecule has 0 amide bonds. The fraction of sp³-hybridized carbons (Fsp3) is 0.357. The Kier molecular flexibility index (Phi) is 5.73. The van der Waals surface area contributed by atoms with Gasteiger partial charge in [0.05, 0.1) is 6.20 Å². The number of rotatable bonds is 7. The van der Waals surface area contributed by atoms with E-state index in [9.17, 15) is 0 Å². The van der Waals surface area contributed by atoms with Crippen LogP contribution in [0.25, 0.3) is 0 Å². The SMILES string of the molecule is CCCCCNc1nncc(Nc2ccc(Br)cc2)n1. The second kappa shape index (κ2) is 7.79. The number of nitrogens with zero attached hydrogens (tertiary/aromatic N) is 3. The van der Waals surface area contributed by atoms with E-state index in [-0.39, 0.29) is 0 Å². The lowest BCUT2D eigenvalue weighted by molar-refractivity contribution is 0.738. The van der Waals surface area contributed by atoms with Crippen LogP contribution in [0.3, 0.4) is 0 Å². The summed E-state index contributed by atoms with van der Waals surface area (Å²) in [5.41, 5.74) is 0.964. The van der Waals surface area contributed by atoms with Gasteiger partial charge in [0.2, 0.25) is 5.95 Å². The smallest absolute Gasteiger partial charge is 0.244 e. The lowest BCUT2D eigenvalue weighted by atomic mass is 10.2. The second-order valence-corrected chi connectivity index (χ2v) is 5.35. The van der Waals surface area contributed by atoms with Crippen molar-refractivity contribution in [3.63, 3.8) is 0 Å². The summed E-state index contributed by atoms with van der Waals surface area (Å²) < 4.78 is 1.04. The topological polar surface area (TPSA) is 62.7 Å². The molecule has 0 aliphatic rings. The molecule has 0 aliphatic heterocycles. The van der Waals surface area contributed by atoms with Gasteiger partial charge in [0, 0.05) is 16.7 Å². The Morgan fingerprint density at radius 3 is 2.70 bits per heavy atom. The monoisotopic (exact) mass is 335 g/mol. The van der Waals surface area contributed by atoms with E-state index in [2.05, 4.69) is 48.7 Å². The van der Waals surface area contributed by atoms with Gasteiger partial charge in [-0.05, 0) is 30.7 Å². The minimum absolute atomic E-state index is 0.559. The van der Waals surface area contributed by atoms with Crippen molar-refractivity contribution in [2.24, 2.45) is 0 Å². The molecule has 0 unspecified atom stereocenters. The molecule has 6 heteroatoms. The Labute approximate surface area is 127 Å². The molecule has 0 bridgehead atoms. The molecule has 1 heterocycles. The van der Waals surface area contributed by atoms with Gasteiger partial charge in [-0.3, -0.25) is 0 Å². The third-order valence-corrected chi connectivity index (χ3v) is 3.27. The molecule has 2 N–H and O–H groups in total. The van der Waals surface area contributed by atoms with Gasteiger partial charge in [0.25, 0.3) is 0 Å². The highest BCUT2D eigenvalue weighted by Gasteiger charge is 2.00. The van der Waals surface area contributed by atoms with E-state index in [1.165, 1.54) is 12.8 Å². The molecule has 0 radical (unpaired) electrons. The predicted molar refractivity (Wildman–Crippen MR) is 85.3 cm³/mol. The summed E-state index contributed by atoms with van der Waals surface area (Å²) in [5.74, 6) is 1.24. The average Bonchev–Trinajstić information content (AvgIpc) is 2.47. The van der Waals surface area contributed by atoms with Crippen LogP contribution in [0.1, 0.15) is 26.2 Å². The van der Waals surface area contributed by atoms with E-state index in [0.29, 0.717) is 11.8 Å². The van der Waals surface area contributed by atoms with Crippen molar-refractivity contribution in [1.82, 2.24) is 15.2 Å². The first-order valence-electron chi connectivity index (χ1n) is 6.74. The van der Waals surface area contributed by atoms with Crippen LogP contribution < -0.4 is 10.6 Å². The van der Waals surface area contributed by atoms with E-state index in [1.54, 1.807) is 6.20 Å². The summed E-state index contributed by atoms with van der Waals surface area (Å²) in [7, 11) is 0. The van der Waals surface area contributed by atoms with E-state index < -0.39 is 0 Å². The maximum Gasteiger partial charge on any atom is 0.244 e. The van der Waals surface area contributed by atoms with Gasteiger partial charge >= 0.3 is 0 Å². The molecule has 2 rings (SSSR count). The second-order valence-electron chi connectivity index (χ2n) is 4.43. The van der Waals surface area contributed by atoms with Crippen LogP contribution in [0.5, 0.6) is 0 Å². The Morgan fingerprint density at radius 2 is 1.95 bits per heavy atom. The summed E-state index contributed by atoms with van der Waals surface area (Å²) in [6.07, 6.45) is 5.13. The molecule has 0 atom stereocenters. The minimum Gasteiger partial charge on any atom is -0.353 e. The van der Waals surface area contributed by atoms with Gasteiger partial charge in [-0.15, -0.1) is 5.10 Å². The summed E-state index contributed by atoms with van der Waals surface area (Å²) in [6, 6.07) is 7.89. The van der Waals surface area contributed by atoms with Crippen molar-refractivity contribution in [2.75, 3.05) is 17.2 Å². The van der Waals surface area contributed by atoms with Gasteiger partial charge < -0.3 is 10.6 Å². The number of halogens is 1. The molecule has 106 valence electrons. The number of aromatic nitrogens is 3. The lowest BCUT2D eigenvalue weighted by Crippen LogP contribution is -2.07. The summed E-state index contributed by atoms with van der Waals surface area (Å²) in [6.45, 7) is 3.05. The standard InChI is InChI=1S/C14H18BrN5/c1-2-3-4-9-16-14-19-13(10-17-20-14)18-12-7-5-11(15)6-8-12/h5-8,10H,2-4,9H2,1H3,(H2,16,18,19,20). The maximum atomic E-state index is 4.38. The molecule has 0 fully saturated rings. The largest absolute Gasteiger partial charge is 0.353 e. The highest BCUT2D eigenvalue weighted by Crippen LogP contribution is 2.17. The van der Waals surface area contributed by atoms with E-state index in [4.69, 9.17) is 0 Å². The van der Waals surface area contributed by atoms with Gasteiger partial charge in [-0.25, -0.2) is 0 Å². The number of benzene rings is 1. The summed E-state index contributed by atoms with van der Waals surface area (Å²) in [5, 5.41) is 14.3. The molecular formula is C14H18BrN5. The number of hydrogen-bond acceptors (Lipinski definition) is 5. The molecule has 5 nitrogen and oxygen atoms in total. The summed E-state index contributed by atoms with van der Waals surface area (Å²) in [4.78, 5) is 4.38. The zero-order chi connectivity index (χ0) is 14.2. The van der Waals surface area contributed by atoms with Crippen molar-refractivity contribution >= 4 is 33.4 Å². The first-order valence-corrected chi connectivity index (χ1v) is 7.53. The average molecular weight is 336 g/mol. The van der Waals surface area contributed by atoms with E-state index in [1.807, 2.05) is 24.3 Å². The first-order chi connectivity index (χ1) is 9.78. The van der Waals surface area contributed by atoms with Gasteiger partial charge in [0.15, 0.2) is 5.82 Å². The highest BCUT2D eigenvalue weighted by molar-refractivity contribution is 9.10. The van der Waals surface area contributed by atoms with Crippen LogP contribution in [0.15, 0.2) is 34.9 Å². The fourth-order valence-electron chi connectivity index (χ4n) is 1.69. The van der Waals surface area contributed by atoms with Gasteiger partial charge in [-0.2, -0.15) is 10.1 Å². The fourth-order valence-corrected chi connectivity index (χ4v) is 1.96. The van der Waals surface area contributed by atoms with Crippen LogP contribution in [0.4, 0.5) is 17.5 Å². The van der Waals surface area contributed by atoms with Crippen LogP contribution in [-0.2, 0) is 0 Å². The quantitative estimate of drug-likeness (QED) is 0.749. The molecule has 1 aromatic carbocycles. The van der Waals surface area contributed by atoms with Crippen LogP contribution >= 0.6 is 15.9 Å². The highest BCUT2D eigenvalue weighted by atomic mass is 79.9. The molecule has 2 aromatic rings. The van der Waals surface area contributed by atoms with Crippen molar-refractivity contribution < 1.29 is 0 Å². The molecule has 0 saturated carbocycles. The third kappa shape index (κ3) is 4.77. The molecule has 1 aromatic heterocycles. The minimum atomic E-state index is 0.559. The number of unbranched alkanes of at least 4 members (excludes halogenated alkanes) is 2. The molecule has 0 saturated heterocycles. The first kappa shape index (κ1) is 14.7. The Bertz CT molecular complexity index is 529. The molecule has 0 spiro atoms. The summed E-state index contributed by atoms with van der Waals surface area (Å²) >= 11 is 3.41. The van der Waals surface area contributed by atoms with E-state index >= 15 is 0 Å². The molecule has 20 heavy (non-hydrogen) atoms. The van der Waals surface area contributed by atoms with Crippen molar-refractivity contribution in [2.45, 2.75) is 26.2 Å². The Hall–Kier alpha value is -1.69. The maximum absolute atomic E-state index is 4.38. The zero-order valence-electron chi connectivity index (χ0n) is 11.4. The molecular weight excluding hydrogens is 318 g/mol.